The van der Waals surface area contributed by atoms with E-state index >= 15 is 0 Å². The molecule has 2 aromatic rings. The molecule has 0 atom stereocenters. The molecule has 0 saturated carbocycles. The quantitative estimate of drug-likeness (QED) is 0.696. The Morgan fingerprint density at radius 3 is 2.60 bits per heavy atom. The Balaban J connectivity index is 2.08. The molecule has 1 amide bonds. The third-order valence-corrected chi connectivity index (χ3v) is 3.71. The highest BCUT2D eigenvalue weighted by atomic mass is 19.4. The number of nitrogens with zero attached hydrogens (tertiary/aromatic N) is 3. The monoisotopic (exact) mass is 355 g/mol. The maximum atomic E-state index is 13.3. The summed E-state index contributed by atoms with van der Waals surface area (Å²) >= 11 is 0. The van der Waals surface area contributed by atoms with Gasteiger partial charge in [0, 0.05) is 12.0 Å². The lowest BCUT2D eigenvalue weighted by atomic mass is 10.1. The molecule has 0 radical (unpaired) electrons. The number of carbonyl (C=O) groups is 1. The fourth-order valence-electron chi connectivity index (χ4n) is 2.41. The summed E-state index contributed by atoms with van der Waals surface area (Å²) in [5.41, 5.74) is -1.04. The Morgan fingerprint density at radius 1 is 1.20 bits per heavy atom. The van der Waals surface area contributed by atoms with Crippen molar-refractivity contribution < 1.29 is 18.0 Å². The van der Waals surface area contributed by atoms with Crippen LogP contribution in [0.4, 0.5) is 18.9 Å². The zero-order valence-corrected chi connectivity index (χ0v) is 13.9. The maximum absolute atomic E-state index is 13.3. The normalized spacial score (nSPS) is 11.5. The van der Waals surface area contributed by atoms with Gasteiger partial charge < -0.3 is 5.32 Å². The Hall–Kier alpha value is -2.45. The predicted octanol–water partition coefficient (Wildman–Crippen LogP) is 4.18. The molecule has 0 fully saturated rings. The van der Waals surface area contributed by atoms with Gasteiger partial charge in [0.2, 0.25) is 11.7 Å². The van der Waals surface area contributed by atoms with E-state index in [1.165, 1.54) is 12.1 Å². The number of amides is 1. The van der Waals surface area contributed by atoms with Crippen LogP contribution in [0, 0.1) is 0 Å². The molecule has 1 heterocycles. The van der Waals surface area contributed by atoms with E-state index in [4.69, 9.17) is 0 Å². The number of nitrogens with one attached hydrogen (secondary N) is 2. The number of halogens is 3. The molecule has 9 heteroatoms. The van der Waals surface area contributed by atoms with Gasteiger partial charge >= 0.3 is 6.18 Å². The van der Waals surface area contributed by atoms with Gasteiger partial charge in [0.05, 0.1) is 11.3 Å². The number of anilines is 1. The molecule has 0 bridgehead atoms. The van der Waals surface area contributed by atoms with Crippen molar-refractivity contribution in [2.75, 3.05) is 5.32 Å². The molecular weight excluding hydrogens is 335 g/mol. The number of unbranched alkanes of at least 4 members (excludes halogenated alkanes) is 4. The van der Waals surface area contributed by atoms with E-state index in [0.717, 1.165) is 31.7 Å². The van der Waals surface area contributed by atoms with Crippen LogP contribution >= 0.6 is 0 Å². The van der Waals surface area contributed by atoms with Gasteiger partial charge in [-0.25, -0.2) is 0 Å². The van der Waals surface area contributed by atoms with Crippen LogP contribution in [-0.2, 0) is 11.0 Å². The van der Waals surface area contributed by atoms with Crippen LogP contribution in [0.2, 0.25) is 0 Å². The first-order valence-electron chi connectivity index (χ1n) is 8.16. The fourth-order valence-corrected chi connectivity index (χ4v) is 2.41. The van der Waals surface area contributed by atoms with Crippen LogP contribution < -0.4 is 5.32 Å². The Kier molecular flexibility index (Phi) is 6.49. The van der Waals surface area contributed by atoms with E-state index < -0.39 is 17.6 Å². The standard InChI is InChI=1S/C16H20F3N5O/c1-2-3-4-5-6-7-14(25)20-13-9-8-11(15-21-23-24-22-15)10-12(13)16(17,18)19/h8-10H,2-7H2,1H3,(H,20,25)(H,21,22,23,24). The van der Waals surface area contributed by atoms with E-state index in [-0.39, 0.29) is 23.5 Å². The lowest BCUT2D eigenvalue weighted by Gasteiger charge is -2.14. The maximum Gasteiger partial charge on any atom is 0.418 e. The molecule has 25 heavy (non-hydrogen) atoms. The summed E-state index contributed by atoms with van der Waals surface area (Å²) in [5, 5.41) is 15.2. The van der Waals surface area contributed by atoms with E-state index in [0.29, 0.717) is 6.42 Å². The van der Waals surface area contributed by atoms with E-state index in [2.05, 4.69) is 32.9 Å². The molecule has 0 spiro atoms. The van der Waals surface area contributed by atoms with E-state index in [1.807, 2.05) is 0 Å². The Morgan fingerprint density at radius 2 is 1.96 bits per heavy atom. The second-order valence-electron chi connectivity index (χ2n) is 5.71. The summed E-state index contributed by atoms with van der Waals surface area (Å²) in [5.74, 6) is -0.367. The minimum atomic E-state index is -4.61. The van der Waals surface area contributed by atoms with Gasteiger partial charge in [-0.2, -0.15) is 18.4 Å². The minimum absolute atomic E-state index is 0.0549. The summed E-state index contributed by atoms with van der Waals surface area (Å²) in [4.78, 5) is 11.9. The summed E-state index contributed by atoms with van der Waals surface area (Å²) in [6, 6.07) is 3.53. The van der Waals surface area contributed by atoms with Gasteiger partial charge in [-0.05, 0) is 29.8 Å². The number of H-pyrrole nitrogens is 1. The second kappa shape index (κ2) is 8.59. The zero-order chi connectivity index (χ0) is 18.3. The summed E-state index contributed by atoms with van der Waals surface area (Å²) in [6.07, 6.45) is 0.359. The molecule has 0 aliphatic heterocycles. The third kappa shape index (κ3) is 5.54. The largest absolute Gasteiger partial charge is 0.418 e. The van der Waals surface area contributed by atoms with Crippen LogP contribution in [0.3, 0.4) is 0 Å². The summed E-state index contributed by atoms with van der Waals surface area (Å²) < 4.78 is 39.9. The number of aromatic amines is 1. The number of benzene rings is 1. The van der Waals surface area contributed by atoms with Gasteiger partial charge in [-0.15, -0.1) is 10.2 Å². The number of hydrogen-bond acceptors (Lipinski definition) is 4. The van der Waals surface area contributed by atoms with Crippen molar-refractivity contribution in [1.29, 1.82) is 0 Å². The van der Waals surface area contributed by atoms with Crippen molar-refractivity contribution in [3.63, 3.8) is 0 Å². The Labute approximate surface area is 143 Å². The van der Waals surface area contributed by atoms with Crippen molar-refractivity contribution in [3.05, 3.63) is 23.8 Å². The molecule has 136 valence electrons. The molecule has 1 aromatic carbocycles. The molecule has 1 aromatic heterocycles. The first-order chi connectivity index (χ1) is 11.9. The van der Waals surface area contributed by atoms with Crippen LogP contribution in [0.5, 0.6) is 0 Å². The first-order valence-corrected chi connectivity index (χ1v) is 8.16. The Bertz CT molecular complexity index is 686. The minimum Gasteiger partial charge on any atom is -0.326 e. The molecule has 2 rings (SSSR count). The van der Waals surface area contributed by atoms with E-state index in [9.17, 15) is 18.0 Å². The molecule has 2 N–H and O–H groups in total. The topological polar surface area (TPSA) is 83.6 Å². The van der Waals surface area contributed by atoms with E-state index in [1.54, 1.807) is 0 Å². The average molecular weight is 355 g/mol. The fraction of sp³-hybridized carbons (Fsp3) is 0.500. The van der Waals surface area contributed by atoms with Crippen LogP contribution in [0.15, 0.2) is 18.2 Å². The smallest absolute Gasteiger partial charge is 0.326 e. The molecule has 6 nitrogen and oxygen atoms in total. The van der Waals surface area contributed by atoms with Crippen LogP contribution in [0.25, 0.3) is 11.4 Å². The third-order valence-electron chi connectivity index (χ3n) is 3.71. The van der Waals surface area contributed by atoms with Gasteiger partial charge in [0.1, 0.15) is 0 Å². The molecule has 0 unspecified atom stereocenters. The van der Waals surface area contributed by atoms with Crippen molar-refractivity contribution in [2.24, 2.45) is 0 Å². The molecule has 0 saturated heterocycles. The predicted molar refractivity (Wildman–Crippen MR) is 86.6 cm³/mol. The zero-order valence-electron chi connectivity index (χ0n) is 13.9. The highest BCUT2D eigenvalue weighted by Gasteiger charge is 2.34. The van der Waals surface area contributed by atoms with Crippen LogP contribution in [-0.4, -0.2) is 26.5 Å². The number of tetrazole rings is 1. The van der Waals surface area contributed by atoms with Gasteiger partial charge in [-0.1, -0.05) is 32.6 Å². The molecule has 0 aliphatic carbocycles. The first kappa shape index (κ1) is 18.9. The summed E-state index contributed by atoms with van der Waals surface area (Å²) in [6.45, 7) is 2.09. The highest BCUT2D eigenvalue weighted by Crippen LogP contribution is 2.37. The average Bonchev–Trinajstić information content (AvgIpc) is 3.08. The lowest BCUT2D eigenvalue weighted by Crippen LogP contribution is -2.16. The number of alkyl halides is 3. The second-order valence-corrected chi connectivity index (χ2v) is 5.71. The number of rotatable bonds is 8. The number of hydrogen-bond donors (Lipinski definition) is 2. The van der Waals surface area contributed by atoms with Gasteiger partial charge in [0.15, 0.2) is 0 Å². The number of aromatic nitrogens is 4. The number of carbonyl (C=O) groups excluding carboxylic acids is 1. The van der Waals surface area contributed by atoms with Gasteiger partial charge in [-0.3, -0.25) is 4.79 Å². The molecule has 0 aliphatic rings. The lowest BCUT2D eigenvalue weighted by molar-refractivity contribution is -0.136. The summed E-state index contributed by atoms with van der Waals surface area (Å²) in [7, 11) is 0. The van der Waals surface area contributed by atoms with Crippen LogP contribution in [0.1, 0.15) is 51.0 Å². The van der Waals surface area contributed by atoms with Crippen molar-refractivity contribution in [3.8, 4) is 11.4 Å². The SMILES string of the molecule is CCCCCCCC(=O)Nc1ccc(-c2nn[nH]n2)cc1C(F)(F)F. The van der Waals surface area contributed by atoms with Crippen molar-refractivity contribution in [2.45, 2.75) is 51.6 Å². The van der Waals surface area contributed by atoms with Crippen molar-refractivity contribution in [1.82, 2.24) is 20.6 Å². The van der Waals surface area contributed by atoms with Gasteiger partial charge in [0.25, 0.3) is 0 Å². The highest BCUT2D eigenvalue weighted by molar-refractivity contribution is 5.92. The molecular formula is C16H20F3N5O. The van der Waals surface area contributed by atoms with Crippen molar-refractivity contribution >= 4 is 11.6 Å².